The van der Waals surface area contributed by atoms with Crippen molar-refractivity contribution in [1.29, 1.82) is 0 Å². The normalized spacial score (nSPS) is 10.6. The van der Waals surface area contributed by atoms with E-state index in [-0.39, 0.29) is 18.3 Å². The number of hydrogen-bond donors (Lipinski definition) is 1. The lowest BCUT2D eigenvalue weighted by Crippen LogP contribution is -2.23. The molecule has 0 atom stereocenters. The molecule has 0 aliphatic carbocycles. The summed E-state index contributed by atoms with van der Waals surface area (Å²) < 4.78 is 24.4. The molecule has 4 aromatic carbocycles. The van der Waals surface area contributed by atoms with Crippen LogP contribution < -0.4 is 14.8 Å². The van der Waals surface area contributed by atoms with E-state index in [0.29, 0.717) is 17.9 Å². The second-order valence-electron chi connectivity index (χ2n) is 7.13. The van der Waals surface area contributed by atoms with E-state index in [0.717, 1.165) is 27.6 Å². The van der Waals surface area contributed by atoms with E-state index in [1.54, 1.807) is 37.4 Å². The number of carbonyl (C=O) groups is 1. The van der Waals surface area contributed by atoms with Gasteiger partial charge >= 0.3 is 0 Å². The van der Waals surface area contributed by atoms with Crippen molar-refractivity contribution in [2.24, 2.45) is 0 Å². The fraction of sp³-hybridized carbons (Fsp3) is 0.115. The third-order valence-corrected chi connectivity index (χ3v) is 5.02. The van der Waals surface area contributed by atoms with Gasteiger partial charge in [-0.25, -0.2) is 4.39 Å². The number of amides is 1. The lowest BCUT2D eigenvalue weighted by molar-refractivity contribution is 0.0950. The molecule has 0 aliphatic heterocycles. The van der Waals surface area contributed by atoms with Crippen molar-refractivity contribution >= 4 is 16.7 Å². The Balaban J connectivity index is 1.45. The van der Waals surface area contributed by atoms with Crippen LogP contribution in [0.4, 0.5) is 4.39 Å². The molecular weight excluding hydrogens is 393 g/mol. The van der Waals surface area contributed by atoms with Crippen LogP contribution in [0.15, 0.2) is 84.9 Å². The third kappa shape index (κ3) is 5.01. The van der Waals surface area contributed by atoms with Crippen LogP contribution in [0.1, 0.15) is 21.5 Å². The molecule has 0 bridgehead atoms. The molecule has 0 saturated carbocycles. The van der Waals surface area contributed by atoms with E-state index >= 15 is 0 Å². The molecule has 1 N–H and O–H groups in total. The Kier molecular flexibility index (Phi) is 6.13. The van der Waals surface area contributed by atoms with Crippen molar-refractivity contribution in [3.05, 3.63) is 107 Å². The van der Waals surface area contributed by atoms with Gasteiger partial charge in [-0.1, -0.05) is 42.5 Å². The zero-order chi connectivity index (χ0) is 21.6. The Labute approximate surface area is 180 Å². The molecule has 0 spiro atoms. The van der Waals surface area contributed by atoms with Crippen molar-refractivity contribution in [2.75, 3.05) is 7.11 Å². The number of carbonyl (C=O) groups excluding carboxylic acids is 1. The van der Waals surface area contributed by atoms with Crippen molar-refractivity contribution in [3.8, 4) is 11.5 Å². The average molecular weight is 415 g/mol. The van der Waals surface area contributed by atoms with Crippen LogP contribution in [0.5, 0.6) is 11.5 Å². The molecule has 0 fully saturated rings. The zero-order valence-corrected chi connectivity index (χ0v) is 17.1. The highest BCUT2D eigenvalue weighted by Gasteiger charge is 2.11. The zero-order valence-electron chi connectivity index (χ0n) is 17.1. The summed E-state index contributed by atoms with van der Waals surface area (Å²) in [7, 11) is 1.59. The summed E-state index contributed by atoms with van der Waals surface area (Å²) >= 11 is 0. The number of halogens is 1. The highest BCUT2D eigenvalue weighted by Crippen LogP contribution is 2.25. The minimum Gasteiger partial charge on any atom is -0.496 e. The maximum atomic E-state index is 13.0. The summed E-state index contributed by atoms with van der Waals surface area (Å²) in [6.07, 6.45) is 0. The molecule has 0 unspecified atom stereocenters. The number of fused-ring (bicyclic) bond motifs is 1. The highest BCUT2D eigenvalue weighted by atomic mass is 19.1. The van der Waals surface area contributed by atoms with Gasteiger partial charge in [0.1, 0.15) is 23.9 Å². The average Bonchev–Trinajstić information content (AvgIpc) is 2.81. The first-order valence-electron chi connectivity index (χ1n) is 9.93. The summed E-state index contributed by atoms with van der Waals surface area (Å²) in [6.45, 7) is 0.578. The van der Waals surface area contributed by atoms with Crippen molar-refractivity contribution in [2.45, 2.75) is 13.2 Å². The van der Waals surface area contributed by atoms with E-state index in [4.69, 9.17) is 9.47 Å². The Morgan fingerprint density at radius 1 is 0.903 bits per heavy atom. The monoisotopic (exact) mass is 415 g/mol. The molecule has 4 nitrogen and oxygen atoms in total. The van der Waals surface area contributed by atoms with Crippen LogP contribution in [0.3, 0.4) is 0 Å². The molecule has 31 heavy (non-hydrogen) atoms. The third-order valence-electron chi connectivity index (χ3n) is 5.02. The van der Waals surface area contributed by atoms with Gasteiger partial charge in [-0.3, -0.25) is 4.79 Å². The molecule has 0 aromatic heterocycles. The molecule has 1 amide bonds. The van der Waals surface area contributed by atoms with E-state index in [2.05, 4.69) is 11.4 Å². The molecule has 4 rings (SSSR count). The molecule has 5 heteroatoms. The van der Waals surface area contributed by atoms with Crippen LogP contribution >= 0.6 is 0 Å². The SMILES string of the molecule is COc1ccc(C(=O)NCc2ccc(F)cc2)cc1COc1ccc2ccccc2c1. The Morgan fingerprint density at radius 3 is 2.45 bits per heavy atom. The summed E-state index contributed by atoms with van der Waals surface area (Å²) in [5.74, 6) is 0.864. The smallest absolute Gasteiger partial charge is 0.251 e. The Hall–Kier alpha value is -3.86. The summed E-state index contributed by atoms with van der Waals surface area (Å²) in [4.78, 5) is 12.6. The van der Waals surface area contributed by atoms with Crippen LogP contribution in [-0.2, 0) is 13.2 Å². The highest BCUT2D eigenvalue weighted by molar-refractivity contribution is 5.94. The Bertz CT molecular complexity index is 1200. The first-order chi connectivity index (χ1) is 15.1. The lowest BCUT2D eigenvalue weighted by atomic mass is 10.1. The topological polar surface area (TPSA) is 47.6 Å². The van der Waals surface area contributed by atoms with Gasteiger partial charge in [0.2, 0.25) is 0 Å². The van der Waals surface area contributed by atoms with Crippen LogP contribution in [0.2, 0.25) is 0 Å². The summed E-state index contributed by atoms with van der Waals surface area (Å²) in [5.41, 5.74) is 2.09. The van der Waals surface area contributed by atoms with Gasteiger partial charge < -0.3 is 14.8 Å². The first kappa shape index (κ1) is 20.4. The van der Waals surface area contributed by atoms with Gasteiger partial charge in [0, 0.05) is 17.7 Å². The van der Waals surface area contributed by atoms with Gasteiger partial charge in [0.15, 0.2) is 0 Å². The summed E-state index contributed by atoms with van der Waals surface area (Å²) in [6, 6.07) is 25.3. The largest absolute Gasteiger partial charge is 0.496 e. The number of methoxy groups -OCH3 is 1. The van der Waals surface area contributed by atoms with E-state index < -0.39 is 0 Å². The maximum absolute atomic E-state index is 13.0. The number of hydrogen-bond acceptors (Lipinski definition) is 3. The molecule has 0 radical (unpaired) electrons. The molecule has 0 saturated heterocycles. The standard InChI is InChI=1S/C26H22FNO3/c1-30-25-13-9-21(26(29)28-16-18-6-10-23(27)11-7-18)14-22(25)17-31-24-12-8-19-4-2-3-5-20(19)15-24/h2-15H,16-17H2,1H3,(H,28,29). The van der Waals surface area contributed by atoms with Crippen LogP contribution in [-0.4, -0.2) is 13.0 Å². The van der Waals surface area contributed by atoms with Gasteiger partial charge in [-0.05, 0) is 58.8 Å². The van der Waals surface area contributed by atoms with Gasteiger partial charge in [0.25, 0.3) is 5.91 Å². The van der Waals surface area contributed by atoms with Gasteiger partial charge in [0.05, 0.1) is 7.11 Å². The molecule has 4 aromatic rings. The number of ether oxygens (including phenoxy) is 2. The van der Waals surface area contributed by atoms with Crippen molar-refractivity contribution in [1.82, 2.24) is 5.32 Å². The van der Waals surface area contributed by atoms with Crippen LogP contribution in [0.25, 0.3) is 10.8 Å². The van der Waals surface area contributed by atoms with Crippen molar-refractivity contribution < 1.29 is 18.7 Å². The fourth-order valence-corrected chi connectivity index (χ4v) is 3.34. The van der Waals surface area contributed by atoms with Gasteiger partial charge in [-0.15, -0.1) is 0 Å². The van der Waals surface area contributed by atoms with E-state index in [9.17, 15) is 9.18 Å². The number of benzene rings is 4. The lowest BCUT2D eigenvalue weighted by Gasteiger charge is -2.13. The minimum atomic E-state index is -0.304. The molecule has 0 heterocycles. The number of nitrogens with one attached hydrogen (secondary N) is 1. The maximum Gasteiger partial charge on any atom is 0.251 e. The first-order valence-corrected chi connectivity index (χ1v) is 9.93. The predicted octanol–water partition coefficient (Wildman–Crippen LogP) is 5.50. The quantitative estimate of drug-likeness (QED) is 0.434. The predicted molar refractivity (Wildman–Crippen MR) is 119 cm³/mol. The second kappa shape index (κ2) is 9.30. The fourth-order valence-electron chi connectivity index (χ4n) is 3.34. The second-order valence-corrected chi connectivity index (χ2v) is 7.13. The number of rotatable bonds is 7. The van der Waals surface area contributed by atoms with E-state index in [1.807, 2.05) is 36.4 Å². The molecule has 156 valence electrons. The van der Waals surface area contributed by atoms with E-state index in [1.165, 1.54) is 12.1 Å². The van der Waals surface area contributed by atoms with Crippen molar-refractivity contribution in [3.63, 3.8) is 0 Å². The van der Waals surface area contributed by atoms with Crippen LogP contribution in [0, 0.1) is 5.82 Å². The van der Waals surface area contributed by atoms with Gasteiger partial charge in [-0.2, -0.15) is 0 Å². The summed E-state index contributed by atoms with van der Waals surface area (Å²) in [5, 5.41) is 5.09. The molecular formula is C26H22FNO3. The minimum absolute atomic E-state index is 0.223. The Morgan fingerprint density at radius 2 is 1.68 bits per heavy atom. The molecule has 0 aliphatic rings.